The normalized spacial score (nSPS) is 12.5. The molecule has 0 spiro atoms. The van der Waals surface area contributed by atoms with Crippen molar-refractivity contribution in [3.63, 3.8) is 0 Å². The number of carboxylic acid groups (broad SMARTS) is 1. The van der Waals surface area contributed by atoms with Crippen LogP contribution in [0.4, 0.5) is 0 Å². The lowest BCUT2D eigenvalue weighted by Crippen LogP contribution is -2.29. The minimum absolute atomic E-state index is 0.361. The number of benzene rings is 1. The molecule has 0 aliphatic heterocycles. The van der Waals surface area contributed by atoms with E-state index in [1.807, 2.05) is 56.6 Å². The molecule has 0 saturated heterocycles. The van der Waals surface area contributed by atoms with Crippen molar-refractivity contribution in [2.75, 3.05) is 6.54 Å². The zero-order valence-corrected chi connectivity index (χ0v) is 16.7. The minimum Gasteiger partial charge on any atom is -0.481 e. The van der Waals surface area contributed by atoms with E-state index in [4.69, 9.17) is 11.6 Å². The Bertz CT molecular complexity index is 756. The summed E-state index contributed by atoms with van der Waals surface area (Å²) >= 11 is 6.25. The zero-order valence-electron chi connectivity index (χ0n) is 15.9. The Hall–Kier alpha value is -1.85. The van der Waals surface area contributed by atoms with Crippen LogP contribution in [-0.2, 0) is 17.9 Å². The van der Waals surface area contributed by atoms with Crippen LogP contribution in [0, 0.1) is 25.7 Å². The number of aliphatic carboxylic acids is 1. The molecule has 0 amide bonds. The van der Waals surface area contributed by atoms with Crippen LogP contribution in [-0.4, -0.2) is 27.4 Å². The van der Waals surface area contributed by atoms with Crippen molar-refractivity contribution in [3.05, 3.63) is 51.8 Å². The quantitative estimate of drug-likeness (QED) is 0.692. The molecule has 0 aliphatic rings. The van der Waals surface area contributed by atoms with E-state index in [0.717, 1.165) is 27.5 Å². The van der Waals surface area contributed by atoms with Crippen LogP contribution < -0.4 is 5.32 Å². The van der Waals surface area contributed by atoms with Crippen molar-refractivity contribution in [3.8, 4) is 0 Å². The van der Waals surface area contributed by atoms with Gasteiger partial charge in [0.05, 0.1) is 18.2 Å². The van der Waals surface area contributed by atoms with Crippen molar-refractivity contribution < 1.29 is 9.90 Å². The molecular formula is C20H28ClN3O2. The largest absolute Gasteiger partial charge is 0.481 e. The molecule has 0 radical (unpaired) electrons. The number of nitrogens with zero attached hydrogens (tertiary/aromatic N) is 2. The second-order valence-corrected chi connectivity index (χ2v) is 7.60. The van der Waals surface area contributed by atoms with Crippen molar-refractivity contribution >= 4 is 17.6 Å². The third kappa shape index (κ3) is 5.32. The number of hydrogen-bond acceptors (Lipinski definition) is 3. The van der Waals surface area contributed by atoms with E-state index in [1.165, 1.54) is 0 Å². The Morgan fingerprint density at radius 2 is 2.00 bits per heavy atom. The molecule has 1 atom stereocenters. The molecule has 1 aromatic carbocycles. The number of halogens is 1. The first kappa shape index (κ1) is 20.5. The molecule has 1 unspecified atom stereocenters. The Balaban J connectivity index is 2.03. The van der Waals surface area contributed by atoms with Gasteiger partial charge in [-0.25, -0.2) is 0 Å². The van der Waals surface area contributed by atoms with Gasteiger partial charge in [0.25, 0.3) is 0 Å². The monoisotopic (exact) mass is 377 g/mol. The van der Waals surface area contributed by atoms with E-state index in [0.29, 0.717) is 32.0 Å². The number of nitrogens with one attached hydrogen (secondary N) is 1. The SMILES string of the molecule is Cc1nn(Cc2ccccc2Cl)c(C)c1CNCC(CC(C)C)C(=O)O. The first-order valence-electron chi connectivity index (χ1n) is 8.99. The van der Waals surface area contributed by atoms with Gasteiger partial charge < -0.3 is 10.4 Å². The molecular weight excluding hydrogens is 350 g/mol. The maximum atomic E-state index is 11.4. The van der Waals surface area contributed by atoms with Gasteiger partial charge in [0.2, 0.25) is 0 Å². The van der Waals surface area contributed by atoms with E-state index >= 15 is 0 Å². The summed E-state index contributed by atoms with van der Waals surface area (Å²) in [6.07, 6.45) is 0.673. The molecule has 6 heteroatoms. The van der Waals surface area contributed by atoms with Crippen LogP contribution in [0.3, 0.4) is 0 Å². The van der Waals surface area contributed by atoms with Gasteiger partial charge in [-0.2, -0.15) is 5.10 Å². The van der Waals surface area contributed by atoms with E-state index in [1.54, 1.807) is 0 Å². The van der Waals surface area contributed by atoms with Gasteiger partial charge in [0, 0.05) is 29.4 Å². The topological polar surface area (TPSA) is 67.2 Å². The maximum absolute atomic E-state index is 11.4. The second kappa shape index (κ2) is 9.19. The summed E-state index contributed by atoms with van der Waals surface area (Å²) in [6, 6.07) is 7.76. The molecule has 2 aromatic rings. The molecule has 1 aromatic heterocycles. The lowest BCUT2D eigenvalue weighted by molar-refractivity contribution is -0.142. The number of carboxylic acids is 1. The molecule has 26 heavy (non-hydrogen) atoms. The summed E-state index contributed by atoms with van der Waals surface area (Å²) in [7, 11) is 0. The van der Waals surface area contributed by atoms with Crippen LogP contribution >= 0.6 is 11.6 Å². The predicted octanol–water partition coefficient (Wildman–Crippen LogP) is 4.04. The summed E-state index contributed by atoms with van der Waals surface area (Å²) < 4.78 is 1.95. The number of rotatable bonds is 9. The van der Waals surface area contributed by atoms with Crippen molar-refractivity contribution in [2.45, 2.75) is 47.2 Å². The zero-order chi connectivity index (χ0) is 19.3. The highest BCUT2D eigenvalue weighted by molar-refractivity contribution is 6.31. The van der Waals surface area contributed by atoms with E-state index in [2.05, 4.69) is 10.4 Å². The van der Waals surface area contributed by atoms with E-state index in [9.17, 15) is 9.90 Å². The van der Waals surface area contributed by atoms with Crippen molar-refractivity contribution in [1.82, 2.24) is 15.1 Å². The van der Waals surface area contributed by atoms with Crippen molar-refractivity contribution in [2.24, 2.45) is 11.8 Å². The standard InChI is InChI=1S/C20H28ClN3O2/c1-13(2)9-17(20(25)26)10-22-11-18-14(3)23-24(15(18)4)12-16-7-5-6-8-19(16)21/h5-8,13,17,22H,9-12H2,1-4H3,(H,25,26). The molecule has 5 nitrogen and oxygen atoms in total. The van der Waals surface area contributed by atoms with E-state index < -0.39 is 5.97 Å². The molecule has 0 saturated carbocycles. The van der Waals surface area contributed by atoms with Crippen LogP contribution in [0.25, 0.3) is 0 Å². The fourth-order valence-corrected chi connectivity index (χ4v) is 3.34. The molecule has 0 bridgehead atoms. The first-order chi connectivity index (χ1) is 12.3. The first-order valence-corrected chi connectivity index (χ1v) is 9.37. The van der Waals surface area contributed by atoms with Crippen LogP contribution in [0.5, 0.6) is 0 Å². The highest BCUT2D eigenvalue weighted by atomic mass is 35.5. The molecule has 142 valence electrons. The van der Waals surface area contributed by atoms with Crippen LogP contribution in [0.15, 0.2) is 24.3 Å². The fraction of sp³-hybridized carbons (Fsp3) is 0.500. The highest BCUT2D eigenvalue weighted by Gasteiger charge is 2.19. The molecule has 2 N–H and O–H groups in total. The Morgan fingerprint density at radius 1 is 1.31 bits per heavy atom. The Kier molecular flexibility index (Phi) is 7.23. The van der Waals surface area contributed by atoms with Gasteiger partial charge in [-0.3, -0.25) is 9.48 Å². The third-order valence-electron chi connectivity index (χ3n) is 4.61. The van der Waals surface area contributed by atoms with Gasteiger partial charge >= 0.3 is 5.97 Å². The van der Waals surface area contributed by atoms with Gasteiger partial charge in [-0.05, 0) is 37.8 Å². The van der Waals surface area contributed by atoms with Gasteiger partial charge in [-0.15, -0.1) is 0 Å². The fourth-order valence-electron chi connectivity index (χ4n) is 3.14. The van der Waals surface area contributed by atoms with E-state index in [-0.39, 0.29) is 5.92 Å². The maximum Gasteiger partial charge on any atom is 0.307 e. The second-order valence-electron chi connectivity index (χ2n) is 7.19. The molecule has 0 aliphatic carbocycles. The summed E-state index contributed by atoms with van der Waals surface area (Å²) in [5.74, 6) is -0.748. The predicted molar refractivity (Wildman–Crippen MR) is 105 cm³/mol. The third-order valence-corrected chi connectivity index (χ3v) is 4.98. The van der Waals surface area contributed by atoms with Crippen LogP contribution in [0.1, 0.15) is 42.8 Å². The number of hydrogen-bond donors (Lipinski definition) is 2. The summed E-state index contributed by atoms with van der Waals surface area (Å²) in [4.78, 5) is 11.4. The summed E-state index contributed by atoms with van der Waals surface area (Å²) in [5, 5.41) is 18.0. The molecule has 0 fully saturated rings. The van der Waals surface area contributed by atoms with Crippen LogP contribution in [0.2, 0.25) is 5.02 Å². The lowest BCUT2D eigenvalue weighted by Gasteiger charge is -2.15. The Labute approximate surface area is 160 Å². The molecule has 2 rings (SSSR count). The van der Waals surface area contributed by atoms with Gasteiger partial charge in [-0.1, -0.05) is 43.6 Å². The smallest absolute Gasteiger partial charge is 0.307 e. The number of aryl methyl sites for hydroxylation is 1. The average Bonchev–Trinajstić information content (AvgIpc) is 2.83. The van der Waals surface area contributed by atoms with Crippen molar-refractivity contribution in [1.29, 1.82) is 0 Å². The molecule has 1 heterocycles. The Morgan fingerprint density at radius 3 is 2.62 bits per heavy atom. The number of carbonyl (C=O) groups is 1. The lowest BCUT2D eigenvalue weighted by atomic mass is 9.97. The minimum atomic E-state index is -0.742. The number of aromatic nitrogens is 2. The van der Waals surface area contributed by atoms with Gasteiger partial charge in [0.15, 0.2) is 0 Å². The van der Waals surface area contributed by atoms with Gasteiger partial charge in [0.1, 0.15) is 0 Å². The average molecular weight is 378 g/mol. The summed E-state index contributed by atoms with van der Waals surface area (Å²) in [6.45, 7) is 9.81. The highest BCUT2D eigenvalue weighted by Crippen LogP contribution is 2.19. The summed E-state index contributed by atoms with van der Waals surface area (Å²) in [5.41, 5.74) is 4.18.